The van der Waals surface area contributed by atoms with E-state index in [2.05, 4.69) is 0 Å². The molecule has 0 saturated heterocycles. The molecule has 0 unspecified atom stereocenters. The van der Waals surface area contributed by atoms with E-state index in [1.165, 1.54) is 12.1 Å². The fourth-order valence-corrected chi connectivity index (χ4v) is 1.38. The molecule has 0 fully saturated rings. The Morgan fingerprint density at radius 1 is 1.06 bits per heavy atom. The lowest BCUT2D eigenvalue weighted by atomic mass is 10.3. The Balaban J connectivity index is 0.000000199. The molecule has 0 radical (unpaired) electrons. The summed E-state index contributed by atoms with van der Waals surface area (Å²) in [6.45, 7) is 2.65. The first-order valence-corrected chi connectivity index (χ1v) is 5.99. The third kappa shape index (κ3) is 5.17. The maximum atomic E-state index is 12.4. The van der Waals surface area contributed by atoms with Gasteiger partial charge in [-0.3, -0.25) is 0 Å². The van der Waals surface area contributed by atoms with Gasteiger partial charge in [-0.2, -0.15) is 0 Å². The van der Waals surface area contributed by atoms with E-state index >= 15 is 0 Å². The third-order valence-corrected chi connectivity index (χ3v) is 2.48. The number of rotatable bonds is 2. The molecule has 2 aromatic rings. The zero-order chi connectivity index (χ0) is 13.4. The summed E-state index contributed by atoms with van der Waals surface area (Å²) in [4.78, 5) is 0. The lowest BCUT2D eigenvalue weighted by Gasteiger charge is -2.15. The van der Waals surface area contributed by atoms with Gasteiger partial charge < -0.3 is 5.01 Å². The molecular weight excluding hydrogens is 251 g/mol. The van der Waals surface area contributed by atoms with Crippen LogP contribution in [0.2, 0.25) is 5.02 Å². The average molecular weight is 267 g/mol. The summed E-state index contributed by atoms with van der Waals surface area (Å²) >= 11 is 5.54. The molecule has 0 aliphatic rings. The summed E-state index contributed by atoms with van der Waals surface area (Å²) in [7, 11) is 0. The predicted molar refractivity (Wildman–Crippen MR) is 75.1 cm³/mol. The van der Waals surface area contributed by atoms with Crippen molar-refractivity contribution >= 4 is 17.3 Å². The van der Waals surface area contributed by atoms with Gasteiger partial charge in [-0.1, -0.05) is 29.8 Å². The van der Waals surface area contributed by atoms with Crippen LogP contribution in [0.5, 0.6) is 0 Å². The van der Waals surface area contributed by atoms with E-state index in [1.54, 1.807) is 17.1 Å². The topological polar surface area (TPSA) is 29.3 Å². The summed E-state index contributed by atoms with van der Waals surface area (Å²) in [6, 6.07) is 15.5. The molecule has 2 nitrogen and oxygen atoms in total. The van der Waals surface area contributed by atoms with Crippen molar-refractivity contribution in [2.45, 2.75) is 6.92 Å². The molecule has 2 aromatic carbocycles. The Labute approximate surface area is 112 Å². The lowest BCUT2D eigenvalue weighted by molar-refractivity contribution is 0.627. The fourth-order valence-electron chi connectivity index (χ4n) is 1.23. The molecule has 0 atom stereocenters. The Bertz CT molecular complexity index is 445. The SMILES string of the molecule is CCN(N)c1ccc(F)cc1.Clc1ccccc1. The fraction of sp³-hybridized carbons (Fsp3) is 0.143. The van der Waals surface area contributed by atoms with E-state index < -0.39 is 0 Å². The minimum atomic E-state index is -0.238. The molecule has 2 rings (SSSR count). The first-order valence-electron chi connectivity index (χ1n) is 5.62. The standard InChI is InChI=1S/C8H11FN2.C6H5Cl/c1-2-11(10)8-5-3-7(9)4-6-8;7-6-4-2-1-3-5-6/h3-6H,2,10H2,1H3;1-5H. The molecule has 0 heterocycles. The van der Waals surface area contributed by atoms with E-state index in [9.17, 15) is 4.39 Å². The molecule has 0 spiro atoms. The van der Waals surface area contributed by atoms with E-state index in [-0.39, 0.29) is 5.82 Å². The van der Waals surface area contributed by atoms with Crippen LogP contribution in [0.1, 0.15) is 6.92 Å². The minimum Gasteiger partial charge on any atom is -0.311 e. The van der Waals surface area contributed by atoms with Crippen molar-refractivity contribution in [3.63, 3.8) is 0 Å². The van der Waals surface area contributed by atoms with Crippen molar-refractivity contribution in [1.82, 2.24) is 0 Å². The van der Waals surface area contributed by atoms with Gasteiger partial charge in [0.25, 0.3) is 0 Å². The minimum absolute atomic E-state index is 0.238. The molecule has 96 valence electrons. The summed E-state index contributed by atoms with van der Waals surface area (Å²) in [5.41, 5.74) is 0.828. The summed E-state index contributed by atoms with van der Waals surface area (Å²) in [5, 5.41) is 2.35. The second-order valence-corrected chi connectivity index (χ2v) is 3.99. The Hall–Kier alpha value is -1.58. The average Bonchev–Trinajstić information content (AvgIpc) is 2.40. The van der Waals surface area contributed by atoms with Crippen molar-refractivity contribution in [2.24, 2.45) is 5.84 Å². The van der Waals surface area contributed by atoms with Crippen LogP contribution in [-0.2, 0) is 0 Å². The van der Waals surface area contributed by atoms with Gasteiger partial charge in [0, 0.05) is 11.6 Å². The van der Waals surface area contributed by atoms with Crippen LogP contribution in [-0.4, -0.2) is 6.54 Å². The molecule has 0 aliphatic heterocycles. The number of hydrazine groups is 1. The van der Waals surface area contributed by atoms with Crippen molar-refractivity contribution in [3.8, 4) is 0 Å². The van der Waals surface area contributed by atoms with Crippen LogP contribution in [0.25, 0.3) is 0 Å². The molecule has 0 aliphatic carbocycles. The van der Waals surface area contributed by atoms with Crippen LogP contribution in [0.15, 0.2) is 54.6 Å². The largest absolute Gasteiger partial charge is 0.311 e. The summed E-state index contributed by atoms with van der Waals surface area (Å²) in [5.74, 6) is 5.32. The van der Waals surface area contributed by atoms with E-state index in [0.717, 1.165) is 10.7 Å². The van der Waals surface area contributed by atoms with Crippen molar-refractivity contribution < 1.29 is 4.39 Å². The van der Waals surface area contributed by atoms with Crippen LogP contribution in [0.3, 0.4) is 0 Å². The highest BCUT2D eigenvalue weighted by Crippen LogP contribution is 2.10. The number of benzene rings is 2. The number of halogens is 2. The number of nitrogens with zero attached hydrogens (tertiary/aromatic N) is 1. The van der Waals surface area contributed by atoms with Gasteiger partial charge in [-0.05, 0) is 43.3 Å². The molecular formula is C14H16ClFN2. The van der Waals surface area contributed by atoms with Gasteiger partial charge in [-0.25, -0.2) is 10.2 Å². The second kappa shape index (κ2) is 7.69. The number of anilines is 1. The van der Waals surface area contributed by atoms with Gasteiger partial charge in [0.05, 0.1) is 5.69 Å². The van der Waals surface area contributed by atoms with Crippen molar-refractivity contribution in [2.75, 3.05) is 11.6 Å². The van der Waals surface area contributed by atoms with Gasteiger partial charge >= 0.3 is 0 Å². The monoisotopic (exact) mass is 266 g/mol. The smallest absolute Gasteiger partial charge is 0.123 e. The molecule has 0 aromatic heterocycles. The maximum Gasteiger partial charge on any atom is 0.123 e. The number of hydrogen-bond donors (Lipinski definition) is 1. The zero-order valence-electron chi connectivity index (χ0n) is 10.2. The summed E-state index contributed by atoms with van der Waals surface area (Å²) in [6.07, 6.45) is 0. The van der Waals surface area contributed by atoms with E-state index in [1.807, 2.05) is 37.3 Å². The first kappa shape index (κ1) is 14.5. The lowest BCUT2D eigenvalue weighted by Crippen LogP contribution is -2.29. The van der Waals surface area contributed by atoms with Crippen LogP contribution in [0.4, 0.5) is 10.1 Å². The van der Waals surface area contributed by atoms with Gasteiger partial charge in [0.2, 0.25) is 0 Å². The molecule has 4 heteroatoms. The number of nitrogens with two attached hydrogens (primary N) is 1. The molecule has 18 heavy (non-hydrogen) atoms. The second-order valence-electron chi connectivity index (χ2n) is 3.56. The predicted octanol–water partition coefficient (Wildman–Crippen LogP) is 3.87. The third-order valence-electron chi connectivity index (χ3n) is 2.23. The van der Waals surface area contributed by atoms with Gasteiger partial charge in [0.15, 0.2) is 0 Å². The molecule has 0 bridgehead atoms. The van der Waals surface area contributed by atoms with Crippen LogP contribution < -0.4 is 10.9 Å². The van der Waals surface area contributed by atoms with Crippen molar-refractivity contribution in [1.29, 1.82) is 0 Å². The Morgan fingerprint density at radius 2 is 1.61 bits per heavy atom. The Kier molecular flexibility index (Phi) is 6.19. The molecule has 2 N–H and O–H groups in total. The Morgan fingerprint density at radius 3 is 2.00 bits per heavy atom. The van der Waals surface area contributed by atoms with E-state index in [4.69, 9.17) is 17.4 Å². The number of hydrogen-bond acceptors (Lipinski definition) is 2. The van der Waals surface area contributed by atoms with Gasteiger partial charge in [0.1, 0.15) is 5.82 Å². The molecule has 0 saturated carbocycles. The van der Waals surface area contributed by atoms with Gasteiger partial charge in [-0.15, -0.1) is 0 Å². The molecule has 0 amide bonds. The highest BCUT2D eigenvalue weighted by molar-refractivity contribution is 6.30. The van der Waals surface area contributed by atoms with E-state index in [0.29, 0.717) is 6.54 Å². The normalized spacial score (nSPS) is 9.33. The van der Waals surface area contributed by atoms with Crippen LogP contribution in [0, 0.1) is 5.82 Å². The quantitative estimate of drug-likeness (QED) is 0.661. The maximum absolute atomic E-state index is 12.4. The summed E-state index contributed by atoms with van der Waals surface area (Å²) < 4.78 is 12.4. The first-order chi connectivity index (χ1) is 8.63. The highest BCUT2D eigenvalue weighted by atomic mass is 35.5. The van der Waals surface area contributed by atoms with Crippen LogP contribution >= 0.6 is 11.6 Å². The highest BCUT2D eigenvalue weighted by Gasteiger charge is 1.96. The van der Waals surface area contributed by atoms with Crippen molar-refractivity contribution in [3.05, 3.63) is 65.4 Å². The zero-order valence-corrected chi connectivity index (χ0v) is 10.9.